The van der Waals surface area contributed by atoms with Gasteiger partial charge >= 0.3 is 18.2 Å². The van der Waals surface area contributed by atoms with Crippen molar-refractivity contribution < 1.29 is 32.7 Å². The Labute approximate surface area is 173 Å². The quantitative estimate of drug-likeness (QED) is 0.626. The Morgan fingerprint density at radius 1 is 1.17 bits per heavy atom. The van der Waals surface area contributed by atoms with Crippen LogP contribution in [0.3, 0.4) is 0 Å². The van der Waals surface area contributed by atoms with Crippen molar-refractivity contribution in [1.82, 2.24) is 10.2 Å². The van der Waals surface area contributed by atoms with Gasteiger partial charge in [-0.3, -0.25) is 4.79 Å². The lowest BCUT2D eigenvalue weighted by molar-refractivity contribution is -0.173. The van der Waals surface area contributed by atoms with Crippen molar-refractivity contribution in [3.8, 4) is 0 Å². The van der Waals surface area contributed by atoms with Crippen molar-refractivity contribution in [2.24, 2.45) is 17.8 Å². The molecule has 3 rings (SSSR count). The molecular formula is C21H27F3N2O4. The van der Waals surface area contributed by atoms with Crippen molar-refractivity contribution in [2.45, 2.75) is 69.6 Å². The molecule has 3 aliphatic rings. The van der Waals surface area contributed by atoms with Gasteiger partial charge in [0, 0.05) is 0 Å². The van der Waals surface area contributed by atoms with Gasteiger partial charge in [0.2, 0.25) is 5.91 Å². The van der Waals surface area contributed by atoms with Gasteiger partial charge in [0.05, 0.1) is 5.92 Å². The molecule has 0 spiro atoms. The standard InChI is InChI=1S/C21H27F3N2O4/c22-21(23,24)17(14-9-5-2-6-10-14)25-20(30)26-16(19(28)29)15(18(26)27)12-11-13-7-3-1-4-8-13/h1,3-4,7,13-17H,2,5-6,8-12H2,(H,25,30)(H,28,29)/t13?,15-,16+,17+/m1/s1. The Hall–Kier alpha value is -2.32. The molecule has 0 aromatic carbocycles. The van der Waals surface area contributed by atoms with Crippen molar-refractivity contribution in [3.63, 3.8) is 0 Å². The molecule has 30 heavy (non-hydrogen) atoms. The monoisotopic (exact) mass is 428 g/mol. The molecular weight excluding hydrogens is 401 g/mol. The number of urea groups is 1. The van der Waals surface area contributed by atoms with Crippen molar-refractivity contribution >= 4 is 17.9 Å². The van der Waals surface area contributed by atoms with Crippen molar-refractivity contribution in [1.29, 1.82) is 0 Å². The molecule has 1 saturated carbocycles. The van der Waals surface area contributed by atoms with E-state index in [4.69, 9.17) is 0 Å². The Bertz CT molecular complexity index is 728. The van der Waals surface area contributed by atoms with Gasteiger partial charge < -0.3 is 10.4 Å². The van der Waals surface area contributed by atoms with E-state index in [0.717, 1.165) is 12.8 Å². The summed E-state index contributed by atoms with van der Waals surface area (Å²) in [7, 11) is 0. The summed E-state index contributed by atoms with van der Waals surface area (Å²) in [4.78, 5) is 37.1. The molecule has 166 valence electrons. The Kier molecular flexibility index (Phi) is 6.88. The molecule has 1 aliphatic heterocycles. The van der Waals surface area contributed by atoms with Crippen LogP contribution >= 0.6 is 0 Å². The molecule has 0 aromatic heterocycles. The van der Waals surface area contributed by atoms with E-state index in [1.54, 1.807) is 0 Å². The number of nitrogens with one attached hydrogen (secondary N) is 1. The number of halogens is 3. The highest BCUT2D eigenvalue weighted by Crippen LogP contribution is 2.37. The minimum Gasteiger partial charge on any atom is -0.480 e. The van der Waals surface area contributed by atoms with Gasteiger partial charge in [0.25, 0.3) is 0 Å². The third-order valence-electron chi connectivity index (χ3n) is 6.36. The number of amides is 3. The lowest BCUT2D eigenvalue weighted by Gasteiger charge is -2.44. The van der Waals surface area contributed by atoms with Crippen LogP contribution < -0.4 is 5.32 Å². The lowest BCUT2D eigenvalue weighted by Crippen LogP contribution is -2.69. The molecule has 1 unspecified atom stereocenters. The molecule has 0 aromatic rings. The summed E-state index contributed by atoms with van der Waals surface area (Å²) in [5.74, 6) is -3.58. The van der Waals surface area contributed by atoms with E-state index < -0.39 is 48.0 Å². The molecule has 6 nitrogen and oxygen atoms in total. The van der Waals surface area contributed by atoms with Crippen LogP contribution in [-0.4, -0.2) is 46.2 Å². The first-order valence-electron chi connectivity index (χ1n) is 10.5. The second-order valence-corrected chi connectivity index (χ2v) is 8.35. The van der Waals surface area contributed by atoms with Gasteiger partial charge in [-0.05, 0) is 43.9 Å². The number of rotatable bonds is 6. The fourth-order valence-electron chi connectivity index (χ4n) is 4.72. The number of hydrogen-bond donors (Lipinski definition) is 2. The fraction of sp³-hybridized carbons (Fsp3) is 0.667. The van der Waals surface area contributed by atoms with Gasteiger partial charge in [-0.2, -0.15) is 13.2 Å². The van der Waals surface area contributed by atoms with E-state index in [2.05, 4.69) is 0 Å². The van der Waals surface area contributed by atoms with E-state index in [0.29, 0.717) is 37.0 Å². The molecule has 0 radical (unpaired) electrons. The Morgan fingerprint density at radius 3 is 2.43 bits per heavy atom. The highest BCUT2D eigenvalue weighted by molar-refractivity contribution is 6.07. The SMILES string of the molecule is O=C(O)[C@@H]1[C@@H](CCC2C=CC=CC2)C(=O)N1C(=O)N[C@@H](C1CCCCC1)C(F)(F)F. The van der Waals surface area contributed by atoms with Crippen LogP contribution in [0.15, 0.2) is 24.3 Å². The maximum atomic E-state index is 13.6. The van der Waals surface area contributed by atoms with Crippen LogP contribution in [0.5, 0.6) is 0 Å². The first-order chi connectivity index (χ1) is 14.2. The number of imide groups is 1. The van der Waals surface area contributed by atoms with Crippen LogP contribution in [0, 0.1) is 17.8 Å². The molecule has 3 amide bonds. The lowest BCUT2D eigenvalue weighted by atomic mass is 9.80. The van der Waals surface area contributed by atoms with Crippen LogP contribution in [0.1, 0.15) is 51.4 Å². The number of nitrogens with zero attached hydrogens (tertiary/aromatic N) is 1. The van der Waals surface area contributed by atoms with Crippen molar-refractivity contribution in [3.05, 3.63) is 24.3 Å². The summed E-state index contributed by atoms with van der Waals surface area (Å²) in [6.07, 6.45) is 7.55. The summed E-state index contributed by atoms with van der Waals surface area (Å²) >= 11 is 0. The highest BCUT2D eigenvalue weighted by atomic mass is 19.4. The van der Waals surface area contributed by atoms with Gasteiger partial charge in [-0.1, -0.05) is 43.6 Å². The maximum Gasteiger partial charge on any atom is 0.408 e. The molecule has 1 saturated heterocycles. The zero-order valence-corrected chi connectivity index (χ0v) is 16.6. The zero-order chi connectivity index (χ0) is 21.9. The molecule has 2 aliphatic carbocycles. The van der Waals surface area contributed by atoms with Crippen LogP contribution in [0.4, 0.5) is 18.0 Å². The van der Waals surface area contributed by atoms with Crippen molar-refractivity contribution in [2.75, 3.05) is 0 Å². The number of carboxylic acids is 1. The van der Waals surface area contributed by atoms with Gasteiger partial charge in [0.1, 0.15) is 6.04 Å². The molecule has 2 N–H and O–H groups in total. The van der Waals surface area contributed by atoms with Gasteiger partial charge in [-0.15, -0.1) is 0 Å². The molecule has 2 fully saturated rings. The predicted molar refractivity (Wildman–Crippen MR) is 102 cm³/mol. The number of allylic oxidation sites excluding steroid dienone is 4. The number of likely N-dealkylation sites (tertiary alicyclic amines) is 1. The second kappa shape index (κ2) is 9.22. The molecule has 0 bridgehead atoms. The normalized spacial score (nSPS) is 28.2. The predicted octanol–water partition coefficient (Wildman–Crippen LogP) is 4.03. The summed E-state index contributed by atoms with van der Waals surface area (Å²) in [6, 6.07) is -4.77. The van der Waals surface area contributed by atoms with E-state index in [1.807, 2.05) is 29.6 Å². The number of hydrogen-bond acceptors (Lipinski definition) is 3. The van der Waals surface area contributed by atoms with E-state index in [9.17, 15) is 32.7 Å². The van der Waals surface area contributed by atoms with Crippen LogP contribution in [-0.2, 0) is 9.59 Å². The zero-order valence-electron chi connectivity index (χ0n) is 16.6. The first kappa shape index (κ1) is 22.4. The van der Waals surface area contributed by atoms with Gasteiger partial charge in [0.15, 0.2) is 6.04 Å². The number of alkyl halides is 3. The fourth-order valence-corrected chi connectivity index (χ4v) is 4.72. The average molecular weight is 428 g/mol. The molecule has 4 atom stereocenters. The van der Waals surface area contributed by atoms with Crippen LogP contribution in [0.2, 0.25) is 0 Å². The first-order valence-corrected chi connectivity index (χ1v) is 10.5. The number of β-lactam (4-membered cyclic amide) rings is 1. The summed E-state index contributed by atoms with van der Waals surface area (Å²) in [5, 5.41) is 11.4. The maximum absolute atomic E-state index is 13.6. The average Bonchev–Trinajstić information content (AvgIpc) is 2.70. The molecule has 9 heteroatoms. The second-order valence-electron chi connectivity index (χ2n) is 8.35. The smallest absolute Gasteiger partial charge is 0.408 e. The largest absolute Gasteiger partial charge is 0.480 e. The minimum atomic E-state index is -4.66. The van der Waals surface area contributed by atoms with E-state index in [1.165, 1.54) is 0 Å². The van der Waals surface area contributed by atoms with Crippen LogP contribution in [0.25, 0.3) is 0 Å². The number of carboxylic acid groups (broad SMARTS) is 1. The topological polar surface area (TPSA) is 86.7 Å². The Morgan fingerprint density at radius 2 is 1.87 bits per heavy atom. The third kappa shape index (κ3) is 4.87. The summed E-state index contributed by atoms with van der Waals surface area (Å²) in [5.41, 5.74) is 0. The Balaban J connectivity index is 1.64. The highest BCUT2D eigenvalue weighted by Gasteiger charge is 2.56. The number of aliphatic carboxylic acids is 1. The minimum absolute atomic E-state index is 0.182. The van der Waals surface area contributed by atoms with Gasteiger partial charge in [-0.25, -0.2) is 14.5 Å². The summed E-state index contributed by atoms with van der Waals surface area (Å²) < 4.78 is 40.7. The van der Waals surface area contributed by atoms with E-state index >= 15 is 0 Å². The molecule has 1 heterocycles. The summed E-state index contributed by atoms with van der Waals surface area (Å²) in [6.45, 7) is 0. The van der Waals surface area contributed by atoms with E-state index in [-0.39, 0.29) is 12.3 Å². The number of carbonyl (C=O) groups is 3. The third-order valence-corrected chi connectivity index (χ3v) is 6.36. The number of carbonyl (C=O) groups excluding carboxylic acids is 2.